The predicted molar refractivity (Wildman–Crippen MR) is 67.1 cm³/mol. The maximum atomic E-state index is 11.7. The monoisotopic (exact) mass is 333 g/mol. The first kappa shape index (κ1) is 19.2. The van der Waals surface area contributed by atoms with Gasteiger partial charge < -0.3 is 35.9 Å². The summed E-state index contributed by atoms with van der Waals surface area (Å²) in [5.74, 6) is -1.82. The molecule has 0 aromatic heterocycles. The first-order chi connectivity index (χ1) is 8.82. The van der Waals surface area contributed by atoms with Gasteiger partial charge in [0.1, 0.15) is 12.6 Å². The van der Waals surface area contributed by atoms with Crippen LogP contribution in [-0.4, -0.2) is 54.9 Å². The van der Waals surface area contributed by atoms with Crippen molar-refractivity contribution in [3.63, 3.8) is 0 Å². The van der Waals surface area contributed by atoms with Gasteiger partial charge in [-0.1, -0.05) is 0 Å². The predicted octanol–water partition coefficient (Wildman–Crippen LogP) is -2.32. The van der Waals surface area contributed by atoms with Crippen LogP contribution in [0, 0.1) is 0 Å². The van der Waals surface area contributed by atoms with Gasteiger partial charge in [-0.3, -0.25) is 18.7 Å². The van der Waals surface area contributed by atoms with Crippen LogP contribution in [0.25, 0.3) is 0 Å². The standard InChI is InChI=1S/C7H17N3O8P2/c8-5(7(9)12)1-2-6(11)10(3-19(13,14)15)4-20(16,17)18/h5H,1-4,8H2,(H2,9,12)(H2,13,14,15)(H2,16,17,18). The van der Waals surface area contributed by atoms with E-state index >= 15 is 0 Å². The van der Waals surface area contributed by atoms with E-state index in [0.717, 1.165) is 0 Å². The number of hydrogen-bond acceptors (Lipinski definition) is 5. The van der Waals surface area contributed by atoms with E-state index < -0.39 is 52.0 Å². The fourth-order valence-corrected chi connectivity index (χ4v) is 2.79. The van der Waals surface area contributed by atoms with E-state index in [-0.39, 0.29) is 6.42 Å². The second-order valence-electron chi connectivity index (χ2n) is 4.09. The van der Waals surface area contributed by atoms with Crippen molar-refractivity contribution < 1.29 is 38.3 Å². The second-order valence-corrected chi connectivity index (χ2v) is 7.32. The van der Waals surface area contributed by atoms with E-state index in [1.807, 2.05) is 0 Å². The summed E-state index contributed by atoms with van der Waals surface area (Å²) < 4.78 is 21.7. The van der Waals surface area contributed by atoms with Crippen molar-refractivity contribution >= 4 is 27.0 Å². The van der Waals surface area contributed by atoms with Crippen molar-refractivity contribution in [1.29, 1.82) is 0 Å². The molecule has 8 N–H and O–H groups in total. The maximum absolute atomic E-state index is 11.7. The lowest BCUT2D eigenvalue weighted by Gasteiger charge is -2.23. The number of carbonyl (C=O) groups excluding carboxylic acids is 2. The Morgan fingerprint density at radius 1 is 1.05 bits per heavy atom. The Kier molecular flexibility index (Phi) is 6.99. The van der Waals surface area contributed by atoms with Gasteiger partial charge in [-0.15, -0.1) is 0 Å². The topological polar surface area (TPSA) is 204 Å². The van der Waals surface area contributed by atoms with Crippen molar-refractivity contribution in [1.82, 2.24) is 4.90 Å². The number of nitrogens with zero attached hydrogens (tertiary/aromatic N) is 1. The van der Waals surface area contributed by atoms with Gasteiger partial charge >= 0.3 is 15.2 Å². The molecule has 0 aliphatic carbocycles. The highest BCUT2D eigenvalue weighted by Gasteiger charge is 2.29. The molecule has 1 unspecified atom stereocenters. The normalized spacial score (nSPS) is 13.8. The summed E-state index contributed by atoms with van der Waals surface area (Å²) in [5, 5.41) is 0. The van der Waals surface area contributed by atoms with E-state index in [4.69, 9.17) is 31.0 Å². The van der Waals surface area contributed by atoms with E-state index in [2.05, 4.69) is 0 Å². The summed E-state index contributed by atoms with van der Waals surface area (Å²) in [7, 11) is -9.38. The van der Waals surface area contributed by atoms with Crippen LogP contribution in [0.15, 0.2) is 0 Å². The van der Waals surface area contributed by atoms with Crippen molar-refractivity contribution in [3.8, 4) is 0 Å². The molecule has 0 spiro atoms. The Morgan fingerprint density at radius 2 is 1.45 bits per heavy atom. The molecule has 0 heterocycles. The van der Waals surface area contributed by atoms with Crippen molar-refractivity contribution in [2.75, 3.05) is 12.6 Å². The fourth-order valence-electron chi connectivity index (χ4n) is 1.23. The zero-order chi connectivity index (χ0) is 16.1. The molecule has 0 saturated heterocycles. The van der Waals surface area contributed by atoms with E-state index in [1.54, 1.807) is 0 Å². The van der Waals surface area contributed by atoms with Gasteiger partial charge in [-0.05, 0) is 6.42 Å². The van der Waals surface area contributed by atoms with Gasteiger partial charge in [0, 0.05) is 6.42 Å². The van der Waals surface area contributed by atoms with Crippen molar-refractivity contribution in [2.45, 2.75) is 18.9 Å². The molecular weight excluding hydrogens is 316 g/mol. The second kappa shape index (κ2) is 7.28. The molecule has 1 atom stereocenters. The van der Waals surface area contributed by atoms with Gasteiger partial charge in [-0.2, -0.15) is 0 Å². The maximum Gasteiger partial charge on any atom is 0.344 e. The molecule has 20 heavy (non-hydrogen) atoms. The quantitative estimate of drug-likeness (QED) is 0.263. The summed E-state index contributed by atoms with van der Waals surface area (Å²) in [4.78, 5) is 57.7. The molecular formula is C7H17N3O8P2. The minimum Gasteiger partial charge on any atom is -0.368 e. The largest absolute Gasteiger partial charge is 0.368 e. The van der Waals surface area contributed by atoms with Gasteiger partial charge in [0.2, 0.25) is 11.8 Å². The third kappa shape index (κ3) is 9.16. The minimum absolute atomic E-state index is 0.201. The minimum atomic E-state index is -4.69. The van der Waals surface area contributed by atoms with Crippen LogP contribution in [0.3, 0.4) is 0 Å². The van der Waals surface area contributed by atoms with E-state index in [9.17, 15) is 18.7 Å². The highest BCUT2D eigenvalue weighted by Crippen LogP contribution is 2.41. The summed E-state index contributed by atoms with van der Waals surface area (Å²) in [5.41, 5.74) is 10.1. The molecule has 0 rings (SSSR count). The summed E-state index contributed by atoms with van der Waals surface area (Å²) in [6, 6.07) is -1.13. The van der Waals surface area contributed by atoms with Crippen LogP contribution >= 0.6 is 15.2 Å². The number of amides is 2. The van der Waals surface area contributed by atoms with Gasteiger partial charge in [0.25, 0.3) is 0 Å². The average molecular weight is 333 g/mol. The van der Waals surface area contributed by atoms with Gasteiger partial charge in [-0.25, -0.2) is 0 Å². The summed E-state index contributed by atoms with van der Waals surface area (Å²) in [6.45, 7) is 0. The smallest absolute Gasteiger partial charge is 0.344 e. The van der Waals surface area contributed by atoms with Crippen LogP contribution in [0.2, 0.25) is 0 Å². The zero-order valence-corrected chi connectivity index (χ0v) is 12.1. The molecule has 0 aliphatic heterocycles. The fraction of sp³-hybridized carbons (Fsp3) is 0.714. The molecule has 2 amide bonds. The number of hydrogen-bond donors (Lipinski definition) is 6. The van der Waals surface area contributed by atoms with Crippen LogP contribution < -0.4 is 11.5 Å². The highest BCUT2D eigenvalue weighted by molar-refractivity contribution is 7.52. The molecule has 0 radical (unpaired) electrons. The molecule has 0 aromatic rings. The lowest BCUT2D eigenvalue weighted by Crippen LogP contribution is -2.39. The number of primary amides is 1. The van der Waals surface area contributed by atoms with Crippen LogP contribution in [0.4, 0.5) is 0 Å². The molecule has 0 bridgehead atoms. The van der Waals surface area contributed by atoms with Crippen LogP contribution in [0.1, 0.15) is 12.8 Å². The highest BCUT2D eigenvalue weighted by atomic mass is 31.2. The molecule has 118 valence electrons. The molecule has 0 aliphatic rings. The van der Waals surface area contributed by atoms with Crippen LogP contribution in [0.5, 0.6) is 0 Å². The van der Waals surface area contributed by atoms with Gasteiger partial charge in [0.15, 0.2) is 0 Å². The zero-order valence-electron chi connectivity index (χ0n) is 10.3. The summed E-state index contributed by atoms with van der Waals surface area (Å²) in [6.07, 6.45) is -2.90. The first-order valence-corrected chi connectivity index (χ1v) is 8.83. The molecule has 11 nitrogen and oxygen atoms in total. The molecule has 0 aromatic carbocycles. The lowest BCUT2D eigenvalue weighted by molar-refractivity contribution is -0.130. The summed E-state index contributed by atoms with van der Waals surface area (Å²) >= 11 is 0. The molecule has 0 saturated carbocycles. The Morgan fingerprint density at radius 3 is 1.75 bits per heavy atom. The Balaban J connectivity index is 4.77. The lowest BCUT2D eigenvalue weighted by atomic mass is 10.1. The molecule has 0 fully saturated rings. The number of carbonyl (C=O) groups is 2. The van der Waals surface area contributed by atoms with E-state index in [1.165, 1.54) is 0 Å². The molecule has 13 heteroatoms. The average Bonchev–Trinajstić information content (AvgIpc) is 2.20. The first-order valence-electron chi connectivity index (χ1n) is 5.23. The SMILES string of the molecule is NC(=O)C(N)CCC(=O)N(CP(=O)(O)O)CP(=O)(O)O. The van der Waals surface area contributed by atoms with E-state index in [0.29, 0.717) is 4.90 Å². The van der Waals surface area contributed by atoms with Crippen molar-refractivity contribution in [2.24, 2.45) is 11.5 Å². The third-order valence-corrected chi connectivity index (χ3v) is 3.52. The van der Waals surface area contributed by atoms with Crippen LogP contribution in [-0.2, 0) is 18.7 Å². The van der Waals surface area contributed by atoms with Gasteiger partial charge in [0.05, 0.1) is 6.04 Å². The number of rotatable bonds is 8. The Hall–Kier alpha value is -0.800. The van der Waals surface area contributed by atoms with Crippen molar-refractivity contribution in [3.05, 3.63) is 0 Å². The Bertz CT molecular complexity index is 433. The third-order valence-electron chi connectivity index (χ3n) is 2.10. The Labute approximate surface area is 114 Å². The number of nitrogens with two attached hydrogens (primary N) is 2.